The van der Waals surface area contributed by atoms with Crippen molar-refractivity contribution in [3.05, 3.63) is 51.9 Å². The third-order valence-electron chi connectivity index (χ3n) is 2.71. The topological polar surface area (TPSA) is 64.3 Å². The zero-order valence-electron chi connectivity index (χ0n) is 11.1. The summed E-state index contributed by atoms with van der Waals surface area (Å²) in [4.78, 5) is 11.8. The number of hydrogen-bond donors (Lipinski definition) is 2. The van der Waals surface area contributed by atoms with Gasteiger partial charge < -0.3 is 15.8 Å². The first-order chi connectivity index (χ1) is 10.1. The lowest BCUT2D eigenvalue weighted by molar-refractivity contribution is -0.116. The average Bonchev–Trinajstić information content (AvgIpc) is 2.44. The number of benzene rings is 2. The predicted octanol–water partition coefficient (Wildman–Crippen LogP) is 3.42. The number of anilines is 2. The Kier molecular flexibility index (Phi) is 5.38. The number of hydrogen-bond acceptors (Lipinski definition) is 3. The van der Waals surface area contributed by atoms with Crippen LogP contribution in [0.1, 0.15) is 6.42 Å². The van der Waals surface area contributed by atoms with Gasteiger partial charge in [-0.05, 0) is 52.9 Å². The molecule has 0 aliphatic carbocycles. The lowest BCUT2D eigenvalue weighted by atomic mass is 10.2. The highest BCUT2D eigenvalue weighted by molar-refractivity contribution is 14.1. The van der Waals surface area contributed by atoms with E-state index in [9.17, 15) is 9.18 Å². The van der Waals surface area contributed by atoms with E-state index in [0.717, 1.165) is 9.32 Å². The van der Waals surface area contributed by atoms with Crippen LogP contribution in [0.25, 0.3) is 0 Å². The molecule has 0 unspecified atom stereocenters. The fourth-order valence-electron chi connectivity index (χ4n) is 1.68. The zero-order chi connectivity index (χ0) is 15.2. The molecule has 2 aromatic rings. The average molecular weight is 400 g/mol. The summed E-state index contributed by atoms with van der Waals surface area (Å²) in [6.07, 6.45) is 0.182. The van der Waals surface area contributed by atoms with E-state index >= 15 is 0 Å². The third-order valence-corrected chi connectivity index (χ3v) is 3.60. The Morgan fingerprint density at radius 2 is 2.05 bits per heavy atom. The Balaban J connectivity index is 1.84. The molecule has 21 heavy (non-hydrogen) atoms. The molecule has 0 aliphatic rings. The molecule has 110 valence electrons. The fraction of sp³-hybridized carbons (Fsp3) is 0.133. The van der Waals surface area contributed by atoms with Crippen LogP contribution in [0, 0.1) is 9.39 Å². The maximum absolute atomic E-state index is 12.9. The second kappa shape index (κ2) is 7.26. The summed E-state index contributed by atoms with van der Waals surface area (Å²) in [6.45, 7) is 0.257. The van der Waals surface area contributed by atoms with E-state index in [1.54, 1.807) is 0 Å². The molecule has 2 rings (SSSR count). The number of halogens is 2. The largest absolute Gasteiger partial charge is 0.492 e. The summed E-state index contributed by atoms with van der Waals surface area (Å²) in [5.41, 5.74) is 6.22. The third kappa shape index (κ3) is 4.59. The molecular weight excluding hydrogens is 386 g/mol. The lowest BCUT2D eigenvalue weighted by Crippen LogP contribution is -2.16. The highest BCUT2D eigenvalue weighted by Gasteiger charge is 2.07. The standard InChI is InChI=1S/C15H14FIN2O2/c16-10-5-6-13(12(18)9-10)19-15(20)7-8-21-14-4-2-1-3-11(14)17/h1-6,9H,7-8,18H2,(H,19,20). The first-order valence-electron chi connectivity index (χ1n) is 6.28. The van der Waals surface area contributed by atoms with Crippen molar-refractivity contribution in [2.75, 3.05) is 17.7 Å². The van der Waals surface area contributed by atoms with Gasteiger partial charge in [0.25, 0.3) is 0 Å². The van der Waals surface area contributed by atoms with Crippen LogP contribution in [0.15, 0.2) is 42.5 Å². The molecule has 0 aliphatic heterocycles. The molecule has 0 bridgehead atoms. The molecule has 4 nitrogen and oxygen atoms in total. The number of para-hydroxylation sites is 1. The summed E-state index contributed by atoms with van der Waals surface area (Å²) in [5, 5.41) is 2.63. The minimum absolute atomic E-state index is 0.182. The Bertz CT molecular complexity index is 649. The van der Waals surface area contributed by atoms with Crippen molar-refractivity contribution in [2.24, 2.45) is 0 Å². The molecule has 0 saturated carbocycles. The number of nitrogens with one attached hydrogen (secondary N) is 1. The van der Waals surface area contributed by atoms with E-state index in [0.29, 0.717) is 5.69 Å². The molecule has 2 aromatic carbocycles. The SMILES string of the molecule is Nc1cc(F)ccc1NC(=O)CCOc1ccccc1I. The van der Waals surface area contributed by atoms with Crippen LogP contribution in [0.3, 0.4) is 0 Å². The molecule has 1 amide bonds. The van der Waals surface area contributed by atoms with Gasteiger partial charge in [-0.15, -0.1) is 0 Å². The predicted molar refractivity (Wildman–Crippen MR) is 88.7 cm³/mol. The van der Waals surface area contributed by atoms with Gasteiger partial charge in [0.05, 0.1) is 28.0 Å². The molecule has 3 N–H and O–H groups in total. The van der Waals surface area contributed by atoms with Gasteiger partial charge in [-0.25, -0.2) is 4.39 Å². The van der Waals surface area contributed by atoms with Gasteiger partial charge >= 0.3 is 0 Å². The van der Waals surface area contributed by atoms with Crippen molar-refractivity contribution in [3.63, 3.8) is 0 Å². The summed E-state index contributed by atoms with van der Waals surface area (Å²) in [7, 11) is 0. The molecule has 0 aromatic heterocycles. The van der Waals surface area contributed by atoms with Gasteiger partial charge in [0.2, 0.25) is 5.91 Å². The Labute approximate surface area is 135 Å². The number of rotatable bonds is 5. The van der Waals surface area contributed by atoms with Gasteiger partial charge in [-0.2, -0.15) is 0 Å². The van der Waals surface area contributed by atoms with Gasteiger partial charge in [-0.1, -0.05) is 12.1 Å². The van der Waals surface area contributed by atoms with E-state index in [1.807, 2.05) is 24.3 Å². The van der Waals surface area contributed by atoms with E-state index in [4.69, 9.17) is 10.5 Å². The van der Waals surface area contributed by atoms with Crippen molar-refractivity contribution in [1.29, 1.82) is 0 Å². The van der Waals surface area contributed by atoms with Crippen molar-refractivity contribution in [3.8, 4) is 5.75 Å². The van der Waals surface area contributed by atoms with Crippen LogP contribution in [-0.2, 0) is 4.79 Å². The van der Waals surface area contributed by atoms with Crippen LogP contribution < -0.4 is 15.8 Å². The Morgan fingerprint density at radius 3 is 2.76 bits per heavy atom. The van der Waals surface area contributed by atoms with E-state index in [1.165, 1.54) is 18.2 Å². The Hall–Kier alpha value is -1.83. The smallest absolute Gasteiger partial charge is 0.227 e. The quantitative estimate of drug-likeness (QED) is 0.597. The number of nitrogens with two attached hydrogens (primary N) is 1. The first-order valence-corrected chi connectivity index (χ1v) is 7.36. The number of amides is 1. The molecule has 0 fully saturated rings. The lowest BCUT2D eigenvalue weighted by Gasteiger charge is -2.10. The van der Waals surface area contributed by atoms with Crippen LogP contribution in [-0.4, -0.2) is 12.5 Å². The van der Waals surface area contributed by atoms with Crippen molar-refractivity contribution in [1.82, 2.24) is 0 Å². The number of nitrogen functional groups attached to an aromatic ring is 1. The van der Waals surface area contributed by atoms with Crippen molar-refractivity contribution < 1.29 is 13.9 Å². The van der Waals surface area contributed by atoms with E-state index in [2.05, 4.69) is 27.9 Å². The van der Waals surface area contributed by atoms with Crippen molar-refractivity contribution >= 4 is 39.9 Å². The molecule has 6 heteroatoms. The maximum Gasteiger partial charge on any atom is 0.227 e. The summed E-state index contributed by atoms with van der Waals surface area (Å²) in [5.74, 6) is 0.0685. The number of ether oxygens (including phenoxy) is 1. The minimum Gasteiger partial charge on any atom is -0.492 e. The molecule has 0 atom stereocenters. The van der Waals surface area contributed by atoms with Crippen LogP contribution in [0.4, 0.5) is 15.8 Å². The van der Waals surface area contributed by atoms with Crippen molar-refractivity contribution in [2.45, 2.75) is 6.42 Å². The highest BCUT2D eigenvalue weighted by atomic mass is 127. The minimum atomic E-state index is -0.438. The van der Waals surface area contributed by atoms with Gasteiger partial charge in [-0.3, -0.25) is 4.79 Å². The second-order valence-corrected chi connectivity index (χ2v) is 5.47. The number of carbonyl (C=O) groups excluding carboxylic acids is 1. The first kappa shape index (κ1) is 15.6. The van der Waals surface area contributed by atoms with Crippen LogP contribution in [0.2, 0.25) is 0 Å². The Morgan fingerprint density at radius 1 is 1.29 bits per heavy atom. The van der Waals surface area contributed by atoms with Gasteiger partial charge in [0.15, 0.2) is 0 Å². The van der Waals surface area contributed by atoms with E-state index in [-0.39, 0.29) is 24.6 Å². The summed E-state index contributed by atoms with van der Waals surface area (Å²) >= 11 is 2.17. The number of carbonyl (C=O) groups is 1. The molecular formula is C15H14FIN2O2. The summed E-state index contributed by atoms with van der Waals surface area (Å²) < 4.78 is 19.4. The van der Waals surface area contributed by atoms with Crippen LogP contribution >= 0.6 is 22.6 Å². The van der Waals surface area contributed by atoms with Gasteiger partial charge in [0, 0.05) is 0 Å². The molecule has 0 radical (unpaired) electrons. The molecule has 0 saturated heterocycles. The fourth-order valence-corrected chi connectivity index (χ4v) is 2.22. The maximum atomic E-state index is 12.9. The molecule has 0 spiro atoms. The summed E-state index contributed by atoms with van der Waals surface area (Å²) in [6, 6.07) is 11.4. The van der Waals surface area contributed by atoms with Gasteiger partial charge in [0.1, 0.15) is 11.6 Å². The zero-order valence-corrected chi connectivity index (χ0v) is 13.3. The van der Waals surface area contributed by atoms with E-state index < -0.39 is 5.82 Å². The normalized spacial score (nSPS) is 10.2. The molecule has 0 heterocycles. The highest BCUT2D eigenvalue weighted by Crippen LogP contribution is 2.21. The second-order valence-electron chi connectivity index (χ2n) is 4.31. The van der Waals surface area contributed by atoms with Crippen LogP contribution in [0.5, 0.6) is 5.75 Å². The monoisotopic (exact) mass is 400 g/mol.